The van der Waals surface area contributed by atoms with Gasteiger partial charge in [-0.2, -0.15) is 0 Å². The molecule has 2 aliphatic heterocycles. The van der Waals surface area contributed by atoms with E-state index in [4.69, 9.17) is 14.3 Å². The van der Waals surface area contributed by atoms with E-state index in [2.05, 4.69) is 10.5 Å². The topological polar surface area (TPSA) is 150 Å². The second-order valence-electron chi connectivity index (χ2n) is 9.07. The molecule has 37 heavy (non-hydrogen) atoms. The van der Waals surface area contributed by atoms with E-state index in [0.717, 1.165) is 16.9 Å². The van der Waals surface area contributed by atoms with Crippen molar-refractivity contribution in [3.8, 4) is 5.75 Å². The quantitative estimate of drug-likeness (QED) is 0.371. The molecule has 4 rings (SSSR count). The lowest BCUT2D eigenvalue weighted by Gasteiger charge is -2.40. The molecule has 2 amide bonds. The number of aryl methyl sites for hydroxylation is 2. The molecular formula is C26H31N3O8. The Morgan fingerprint density at radius 3 is 2.62 bits per heavy atom. The lowest BCUT2D eigenvalue weighted by molar-refractivity contribution is -0.270. The van der Waals surface area contributed by atoms with Crippen LogP contribution in [-0.4, -0.2) is 83.2 Å². The molecule has 0 radical (unpaired) electrons. The van der Waals surface area contributed by atoms with Gasteiger partial charge < -0.3 is 39.8 Å². The summed E-state index contributed by atoms with van der Waals surface area (Å²) >= 11 is 0. The van der Waals surface area contributed by atoms with Crippen LogP contribution in [0.25, 0.3) is 0 Å². The molecule has 0 aliphatic carbocycles. The maximum absolute atomic E-state index is 13.4. The van der Waals surface area contributed by atoms with Crippen LogP contribution < -0.4 is 15.0 Å². The first-order chi connectivity index (χ1) is 17.7. The summed E-state index contributed by atoms with van der Waals surface area (Å²) in [5.41, 5.74) is 3.09. The van der Waals surface area contributed by atoms with E-state index in [1.165, 1.54) is 11.8 Å². The summed E-state index contributed by atoms with van der Waals surface area (Å²) in [5.74, 6) is -0.186. The number of anilines is 1. The van der Waals surface area contributed by atoms with Crippen molar-refractivity contribution in [3.63, 3.8) is 0 Å². The predicted molar refractivity (Wildman–Crippen MR) is 133 cm³/mol. The van der Waals surface area contributed by atoms with Crippen molar-refractivity contribution in [1.82, 2.24) is 5.32 Å². The molecule has 4 N–H and O–H groups in total. The first-order valence-electron chi connectivity index (χ1n) is 12.0. The molecule has 2 heterocycles. The molecule has 2 aromatic carbocycles. The van der Waals surface area contributed by atoms with Gasteiger partial charge in [0.25, 0.3) is 5.91 Å². The Bertz CT molecular complexity index is 1190. The number of hydrogen-bond donors (Lipinski definition) is 4. The number of nitrogens with one attached hydrogen (secondary N) is 1. The molecule has 0 unspecified atom stereocenters. The number of carbonyl (C=O) groups is 2. The maximum atomic E-state index is 13.4. The highest BCUT2D eigenvalue weighted by Crippen LogP contribution is 2.31. The largest absolute Gasteiger partial charge is 0.491 e. The number of aliphatic hydroxyl groups is 3. The third-order valence-electron chi connectivity index (χ3n) is 6.31. The molecular weight excluding hydrogens is 482 g/mol. The van der Waals surface area contributed by atoms with Crippen LogP contribution in [0.2, 0.25) is 0 Å². The van der Waals surface area contributed by atoms with Crippen molar-refractivity contribution in [2.75, 3.05) is 24.7 Å². The lowest BCUT2D eigenvalue weighted by atomic mass is 9.97. The van der Waals surface area contributed by atoms with Gasteiger partial charge in [0.2, 0.25) is 12.2 Å². The summed E-state index contributed by atoms with van der Waals surface area (Å²) in [7, 11) is 0. The zero-order chi connectivity index (χ0) is 26.7. The van der Waals surface area contributed by atoms with Gasteiger partial charge in [0.1, 0.15) is 36.7 Å². The van der Waals surface area contributed by atoms with Crippen LogP contribution >= 0.6 is 0 Å². The molecule has 1 fully saturated rings. The van der Waals surface area contributed by atoms with Gasteiger partial charge in [-0.05, 0) is 37.6 Å². The van der Waals surface area contributed by atoms with Crippen molar-refractivity contribution in [1.29, 1.82) is 0 Å². The monoisotopic (exact) mass is 513 g/mol. The van der Waals surface area contributed by atoms with Crippen molar-refractivity contribution in [2.24, 2.45) is 5.16 Å². The first kappa shape index (κ1) is 26.6. The van der Waals surface area contributed by atoms with E-state index >= 15 is 0 Å². The van der Waals surface area contributed by atoms with Crippen LogP contribution in [0.1, 0.15) is 23.6 Å². The highest BCUT2D eigenvalue weighted by atomic mass is 16.8. The highest BCUT2D eigenvalue weighted by Gasteiger charge is 2.46. The number of ether oxygens (including phenoxy) is 2. The molecule has 2 aromatic rings. The molecule has 0 saturated carbocycles. The van der Waals surface area contributed by atoms with Gasteiger partial charge in [-0.1, -0.05) is 35.0 Å². The summed E-state index contributed by atoms with van der Waals surface area (Å²) in [5, 5.41) is 36.7. The van der Waals surface area contributed by atoms with Gasteiger partial charge >= 0.3 is 0 Å². The molecule has 198 valence electrons. The lowest BCUT2D eigenvalue weighted by Crippen LogP contribution is -2.64. The Morgan fingerprint density at radius 2 is 1.92 bits per heavy atom. The number of benzene rings is 2. The standard InChI is InChI=1S/C26H31N3O8/c1-14-8-9-18-17(12-14)21(25(34)29(18)10-11-35-19-7-5-4-6-15(19)2)28-37-26-22(27-16(3)31)24(33)23(32)20(13-30)36-26/h4-9,12,20,22-24,26,30,32-33H,10-11,13H2,1-3H3,(H,27,31)/b28-21-/t20-,22+,23+,24+,26+/m1/s1. The van der Waals surface area contributed by atoms with Gasteiger partial charge in [-0.25, -0.2) is 0 Å². The van der Waals surface area contributed by atoms with Crippen molar-refractivity contribution >= 4 is 23.2 Å². The van der Waals surface area contributed by atoms with Crippen LogP contribution in [0.15, 0.2) is 47.6 Å². The Kier molecular flexibility index (Phi) is 8.08. The van der Waals surface area contributed by atoms with Crippen LogP contribution in [0.5, 0.6) is 5.75 Å². The number of para-hydroxylation sites is 1. The van der Waals surface area contributed by atoms with Gasteiger partial charge in [-0.15, -0.1) is 0 Å². The molecule has 0 spiro atoms. The summed E-state index contributed by atoms with van der Waals surface area (Å²) < 4.78 is 11.4. The van der Waals surface area contributed by atoms with E-state index in [1.54, 1.807) is 6.07 Å². The summed E-state index contributed by atoms with van der Waals surface area (Å²) in [6, 6.07) is 11.9. The molecule has 0 bridgehead atoms. The van der Waals surface area contributed by atoms with Gasteiger partial charge in [-0.3, -0.25) is 9.59 Å². The van der Waals surface area contributed by atoms with Crippen molar-refractivity contribution in [3.05, 3.63) is 59.2 Å². The first-order valence-corrected chi connectivity index (χ1v) is 12.0. The normalized spacial score (nSPS) is 26.2. The zero-order valence-corrected chi connectivity index (χ0v) is 20.8. The number of hydrogen-bond acceptors (Lipinski definition) is 9. The highest BCUT2D eigenvalue weighted by molar-refractivity contribution is 6.54. The minimum atomic E-state index is -1.50. The number of oxime groups is 1. The van der Waals surface area contributed by atoms with Crippen LogP contribution in [0, 0.1) is 13.8 Å². The van der Waals surface area contributed by atoms with Gasteiger partial charge in [0.15, 0.2) is 5.71 Å². The van der Waals surface area contributed by atoms with E-state index in [1.807, 2.05) is 50.2 Å². The number of aliphatic hydroxyl groups excluding tert-OH is 3. The number of carbonyl (C=O) groups excluding carboxylic acids is 2. The summed E-state index contributed by atoms with van der Waals surface area (Å²) in [6.45, 7) is 4.96. The third-order valence-corrected chi connectivity index (χ3v) is 6.31. The Balaban J connectivity index is 1.55. The molecule has 0 aromatic heterocycles. The van der Waals surface area contributed by atoms with Gasteiger partial charge in [0.05, 0.1) is 18.8 Å². The number of fused-ring (bicyclic) bond motifs is 1. The summed E-state index contributed by atoms with van der Waals surface area (Å²) in [4.78, 5) is 32.1. The zero-order valence-electron chi connectivity index (χ0n) is 20.8. The fourth-order valence-corrected chi connectivity index (χ4v) is 4.37. The fourth-order valence-electron chi connectivity index (χ4n) is 4.37. The van der Waals surface area contributed by atoms with E-state index < -0.39 is 49.1 Å². The predicted octanol–water partition coefficient (Wildman–Crippen LogP) is 0.393. The Labute approximate surface area is 214 Å². The fraction of sp³-hybridized carbons (Fsp3) is 0.423. The van der Waals surface area contributed by atoms with Gasteiger partial charge in [0, 0.05) is 12.5 Å². The molecule has 1 saturated heterocycles. The molecule has 11 nitrogen and oxygen atoms in total. The Hall–Kier alpha value is -3.51. The average Bonchev–Trinajstić information content (AvgIpc) is 3.12. The van der Waals surface area contributed by atoms with Crippen LogP contribution in [0.3, 0.4) is 0 Å². The summed E-state index contributed by atoms with van der Waals surface area (Å²) in [6.07, 6.45) is -5.50. The minimum absolute atomic E-state index is 0.0147. The second kappa shape index (κ2) is 11.3. The molecule has 11 heteroatoms. The average molecular weight is 514 g/mol. The van der Waals surface area contributed by atoms with E-state index in [9.17, 15) is 24.9 Å². The smallest absolute Gasteiger partial charge is 0.281 e. The molecule has 2 aliphatic rings. The molecule has 5 atom stereocenters. The number of rotatable bonds is 8. The van der Waals surface area contributed by atoms with Crippen LogP contribution in [-0.2, 0) is 19.2 Å². The van der Waals surface area contributed by atoms with E-state index in [-0.39, 0.29) is 18.9 Å². The SMILES string of the molecule is CC(=O)N[C@@H]1[C@H](O/N=C2\C(=O)N(CCOc3ccccc3C)c3ccc(C)cc32)O[C@H](CO)[C@H](O)[C@H]1O. The van der Waals surface area contributed by atoms with Crippen LogP contribution in [0.4, 0.5) is 5.69 Å². The number of nitrogens with zero attached hydrogens (tertiary/aromatic N) is 2. The maximum Gasteiger partial charge on any atom is 0.281 e. The van der Waals surface area contributed by atoms with Crippen molar-refractivity contribution < 1.29 is 39.2 Å². The van der Waals surface area contributed by atoms with E-state index in [0.29, 0.717) is 11.3 Å². The third kappa shape index (κ3) is 5.59. The minimum Gasteiger partial charge on any atom is -0.491 e. The van der Waals surface area contributed by atoms with Crippen molar-refractivity contribution in [2.45, 2.75) is 51.4 Å². The number of amides is 2. The Morgan fingerprint density at radius 1 is 1.16 bits per heavy atom. The second-order valence-corrected chi connectivity index (χ2v) is 9.07.